The van der Waals surface area contributed by atoms with Gasteiger partial charge in [0.1, 0.15) is 22.9 Å². The van der Waals surface area contributed by atoms with Gasteiger partial charge in [-0.3, -0.25) is 4.57 Å². The summed E-state index contributed by atoms with van der Waals surface area (Å²) in [6, 6.07) is 17.1. The normalized spacial score (nSPS) is 11.0. The fourth-order valence-corrected chi connectivity index (χ4v) is 2.78. The van der Waals surface area contributed by atoms with Gasteiger partial charge in [-0.2, -0.15) is 0 Å². The molecule has 0 aliphatic heterocycles. The topological polar surface area (TPSA) is 50.9 Å². The van der Waals surface area contributed by atoms with Gasteiger partial charge in [0.25, 0.3) is 0 Å². The minimum Gasteiger partial charge on any atom is -0.508 e. The first kappa shape index (κ1) is 14.4. The highest BCUT2D eigenvalue weighted by molar-refractivity contribution is 5.74. The van der Waals surface area contributed by atoms with Gasteiger partial charge in [0.2, 0.25) is 0 Å². The second-order valence-corrected chi connectivity index (χ2v) is 5.53. The minimum atomic E-state index is -0.266. The summed E-state index contributed by atoms with van der Waals surface area (Å²) in [7, 11) is 0. The summed E-state index contributed by atoms with van der Waals surface area (Å²) in [5.41, 5.74) is 3.19. The van der Waals surface area contributed by atoms with Crippen LogP contribution in [0.15, 0.2) is 66.9 Å². The number of aromatic hydroxyl groups is 1. The van der Waals surface area contributed by atoms with Crippen LogP contribution in [-0.4, -0.2) is 19.6 Å². The fraction of sp³-hybridized carbons (Fsp3) is 0.0526. The van der Waals surface area contributed by atoms with Gasteiger partial charge in [0.15, 0.2) is 5.65 Å². The predicted molar refractivity (Wildman–Crippen MR) is 89.7 cm³/mol. The van der Waals surface area contributed by atoms with Crippen molar-refractivity contribution < 1.29 is 9.50 Å². The van der Waals surface area contributed by atoms with E-state index >= 15 is 0 Å². The first-order valence-corrected chi connectivity index (χ1v) is 7.57. The van der Waals surface area contributed by atoms with E-state index in [0.717, 1.165) is 28.2 Å². The molecule has 5 heteroatoms. The maximum Gasteiger partial charge on any atom is 0.164 e. The molecule has 4 nitrogen and oxygen atoms in total. The van der Waals surface area contributed by atoms with E-state index in [4.69, 9.17) is 0 Å². The Balaban J connectivity index is 1.88. The first-order chi connectivity index (χ1) is 11.7. The van der Waals surface area contributed by atoms with Crippen LogP contribution in [0.2, 0.25) is 0 Å². The van der Waals surface area contributed by atoms with E-state index in [1.165, 1.54) is 12.1 Å². The Morgan fingerprint density at radius 3 is 2.62 bits per heavy atom. The minimum absolute atomic E-state index is 0.197. The molecule has 118 valence electrons. The number of rotatable bonds is 3. The van der Waals surface area contributed by atoms with Crippen molar-refractivity contribution in [1.29, 1.82) is 0 Å². The monoisotopic (exact) mass is 319 g/mol. The molecule has 4 aromatic rings. The Bertz CT molecular complexity index is 1010. The van der Waals surface area contributed by atoms with Crippen molar-refractivity contribution in [3.05, 3.63) is 84.1 Å². The number of hydrogen-bond acceptors (Lipinski definition) is 3. The highest BCUT2D eigenvalue weighted by atomic mass is 19.1. The van der Waals surface area contributed by atoms with E-state index in [1.54, 1.807) is 36.5 Å². The molecule has 0 saturated heterocycles. The number of phenolic OH excluding ortho intramolecular Hbond substituents is 1. The van der Waals surface area contributed by atoms with Crippen LogP contribution in [0.4, 0.5) is 4.39 Å². The van der Waals surface area contributed by atoms with Crippen LogP contribution in [-0.2, 0) is 6.42 Å². The lowest BCUT2D eigenvalue weighted by atomic mass is 10.1. The number of halogens is 1. The van der Waals surface area contributed by atoms with Crippen molar-refractivity contribution in [3.8, 4) is 11.4 Å². The molecule has 0 radical (unpaired) electrons. The zero-order valence-electron chi connectivity index (χ0n) is 12.7. The average molecular weight is 319 g/mol. The largest absolute Gasteiger partial charge is 0.508 e. The number of nitrogens with zero attached hydrogens (tertiary/aromatic N) is 3. The SMILES string of the molecule is Oc1ccc(-n2c(Cc3cccc(F)c3)nc3cccnc32)cc1. The molecular weight excluding hydrogens is 305 g/mol. The molecule has 0 spiro atoms. The lowest BCUT2D eigenvalue weighted by Gasteiger charge is -2.09. The van der Waals surface area contributed by atoms with E-state index in [-0.39, 0.29) is 11.6 Å². The van der Waals surface area contributed by atoms with E-state index in [2.05, 4.69) is 9.97 Å². The molecule has 0 fully saturated rings. The van der Waals surface area contributed by atoms with Gasteiger partial charge in [-0.05, 0) is 54.1 Å². The van der Waals surface area contributed by atoms with Crippen LogP contribution in [0.5, 0.6) is 5.75 Å². The summed E-state index contributed by atoms with van der Waals surface area (Å²) in [5.74, 6) is 0.695. The average Bonchev–Trinajstić information content (AvgIpc) is 2.93. The standard InChI is InChI=1S/C19H14FN3O/c20-14-4-1-3-13(11-14)12-18-22-17-5-2-10-21-19(17)23(18)15-6-8-16(24)9-7-15/h1-11,24H,12H2. The molecule has 2 aromatic carbocycles. The molecule has 2 heterocycles. The van der Waals surface area contributed by atoms with E-state index in [0.29, 0.717) is 6.42 Å². The number of hydrogen-bond donors (Lipinski definition) is 1. The number of aromatic nitrogens is 3. The number of pyridine rings is 1. The van der Waals surface area contributed by atoms with Crippen LogP contribution in [0.1, 0.15) is 11.4 Å². The number of imidazole rings is 1. The number of benzene rings is 2. The predicted octanol–water partition coefficient (Wildman–Crippen LogP) is 3.86. The Morgan fingerprint density at radius 2 is 1.83 bits per heavy atom. The molecule has 0 saturated carbocycles. The summed E-state index contributed by atoms with van der Waals surface area (Å²) < 4.78 is 15.4. The van der Waals surface area contributed by atoms with Gasteiger partial charge >= 0.3 is 0 Å². The molecule has 0 unspecified atom stereocenters. The van der Waals surface area contributed by atoms with Crippen molar-refractivity contribution in [2.75, 3.05) is 0 Å². The Labute approximate surface area is 137 Å². The highest BCUT2D eigenvalue weighted by Gasteiger charge is 2.14. The number of fused-ring (bicyclic) bond motifs is 1. The third kappa shape index (κ3) is 2.60. The molecular formula is C19H14FN3O. The Kier molecular flexibility index (Phi) is 3.46. The molecule has 0 atom stereocenters. The van der Waals surface area contributed by atoms with Gasteiger partial charge in [0, 0.05) is 18.3 Å². The smallest absolute Gasteiger partial charge is 0.164 e. The molecule has 2 aromatic heterocycles. The first-order valence-electron chi connectivity index (χ1n) is 7.57. The van der Waals surface area contributed by atoms with Crippen molar-refractivity contribution in [1.82, 2.24) is 14.5 Å². The molecule has 24 heavy (non-hydrogen) atoms. The van der Waals surface area contributed by atoms with Gasteiger partial charge < -0.3 is 5.11 Å². The van der Waals surface area contributed by atoms with Crippen LogP contribution in [0.25, 0.3) is 16.9 Å². The van der Waals surface area contributed by atoms with E-state index in [9.17, 15) is 9.50 Å². The highest BCUT2D eigenvalue weighted by Crippen LogP contribution is 2.23. The van der Waals surface area contributed by atoms with Crippen LogP contribution in [0.3, 0.4) is 0 Å². The lowest BCUT2D eigenvalue weighted by molar-refractivity contribution is 0.475. The molecule has 1 N–H and O–H groups in total. The molecule has 0 bridgehead atoms. The fourth-order valence-electron chi connectivity index (χ4n) is 2.78. The van der Waals surface area contributed by atoms with Crippen LogP contribution in [0, 0.1) is 5.82 Å². The summed E-state index contributed by atoms with van der Waals surface area (Å²) >= 11 is 0. The second kappa shape index (κ2) is 5.77. The molecule has 0 amide bonds. The van der Waals surface area contributed by atoms with Gasteiger partial charge in [0.05, 0.1) is 0 Å². The Hall–Kier alpha value is -3.21. The number of phenols is 1. The zero-order valence-corrected chi connectivity index (χ0v) is 12.7. The van der Waals surface area contributed by atoms with Crippen LogP contribution >= 0.6 is 0 Å². The van der Waals surface area contributed by atoms with Crippen molar-refractivity contribution in [3.63, 3.8) is 0 Å². The van der Waals surface area contributed by atoms with E-state index in [1.807, 2.05) is 22.8 Å². The van der Waals surface area contributed by atoms with Gasteiger partial charge in [-0.1, -0.05) is 12.1 Å². The van der Waals surface area contributed by atoms with Crippen molar-refractivity contribution >= 4 is 11.2 Å². The third-order valence-electron chi connectivity index (χ3n) is 3.84. The summed E-state index contributed by atoms with van der Waals surface area (Å²) in [4.78, 5) is 9.08. The maximum absolute atomic E-state index is 13.5. The van der Waals surface area contributed by atoms with Gasteiger partial charge in [-0.25, -0.2) is 14.4 Å². The summed E-state index contributed by atoms with van der Waals surface area (Å²) in [6.07, 6.45) is 2.20. The van der Waals surface area contributed by atoms with Crippen LogP contribution < -0.4 is 0 Å². The second-order valence-electron chi connectivity index (χ2n) is 5.53. The zero-order chi connectivity index (χ0) is 16.5. The van der Waals surface area contributed by atoms with Crippen molar-refractivity contribution in [2.45, 2.75) is 6.42 Å². The molecule has 0 aliphatic carbocycles. The summed E-state index contributed by atoms with van der Waals surface area (Å²) in [6.45, 7) is 0. The van der Waals surface area contributed by atoms with E-state index < -0.39 is 0 Å². The van der Waals surface area contributed by atoms with Crippen molar-refractivity contribution in [2.24, 2.45) is 0 Å². The molecule has 4 rings (SSSR count). The van der Waals surface area contributed by atoms with Gasteiger partial charge in [-0.15, -0.1) is 0 Å². The maximum atomic E-state index is 13.5. The Morgan fingerprint density at radius 1 is 1.00 bits per heavy atom. The third-order valence-corrected chi connectivity index (χ3v) is 3.84. The molecule has 0 aliphatic rings. The lowest BCUT2D eigenvalue weighted by Crippen LogP contribution is -2.03. The summed E-state index contributed by atoms with van der Waals surface area (Å²) in [5, 5.41) is 9.52. The quantitative estimate of drug-likeness (QED) is 0.624.